The molecule has 0 aromatic heterocycles. The molecule has 0 aromatic carbocycles. The van der Waals surface area contributed by atoms with Crippen LogP contribution in [0.5, 0.6) is 0 Å². The second-order valence-corrected chi connectivity index (χ2v) is 5.67. The lowest BCUT2D eigenvalue weighted by Crippen LogP contribution is -2.44. The molecule has 6 heteroatoms. The predicted octanol–water partition coefficient (Wildman–Crippen LogP) is 1.22. The molecular weight excluding hydrogens is 244 g/mol. The van der Waals surface area contributed by atoms with Gasteiger partial charge in [-0.2, -0.15) is 0 Å². The molecule has 1 fully saturated rings. The van der Waals surface area contributed by atoms with Gasteiger partial charge in [0.15, 0.2) is 0 Å². The second-order valence-electron chi connectivity index (χ2n) is 5.67. The van der Waals surface area contributed by atoms with Gasteiger partial charge >= 0.3 is 6.09 Å². The Morgan fingerprint density at radius 3 is 2.74 bits per heavy atom. The van der Waals surface area contributed by atoms with Crippen LogP contribution in [-0.2, 0) is 4.74 Å². The zero-order chi connectivity index (χ0) is 14.5. The topological polar surface area (TPSA) is 93.9 Å². The third-order valence-corrected chi connectivity index (χ3v) is 2.68. The Morgan fingerprint density at radius 1 is 1.47 bits per heavy atom. The molecule has 6 nitrogen and oxygen atoms in total. The number of likely N-dealkylation sites (tertiary alicyclic amines) is 1. The van der Waals surface area contributed by atoms with Crippen LogP contribution in [0.3, 0.4) is 0 Å². The molecule has 0 radical (unpaired) electrons. The van der Waals surface area contributed by atoms with Crippen LogP contribution in [0, 0.1) is 0 Å². The van der Waals surface area contributed by atoms with Crippen LogP contribution in [0.2, 0.25) is 0 Å². The van der Waals surface area contributed by atoms with Crippen molar-refractivity contribution in [3.05, 3.63) is 11.9 Å². The molecule has 0 aromatic rings. The van der Waals surface area contributed by atoms with Crippen molar-refractivity contribution in [3.8, 4) is 0 Å². The number of carbonyl (C=O) groups excluding carboxylic acids is 1. The van der Waals surface area contributed by atoms with Crippen molar-refractivity contribution in [2.45, 2.75) is 45.3 Å². The number of nitrogens with zero attached hydrogens (tertiary/aromatic N) is 2. The van der Waals surface area contributed by atoms with Crippen LogP contribution in [0.1, 0.15) is 33.6 Å². The van der Waals surface area contributed by atoms with E-state index >= 15 is 0 Å². The molecule has 0 aliphatic carbocycles. The third-order valence-electron chi connectivity index (χ3n) is 2.68. The van der Waals surface area contributed by atoms with Gasteiger partial charge in [-0.1, -0.05) is 0 Å². The highest BCUT2D eigenvalue weighted by molar-refractivity contribution is 5.77. The average Bonchev–Trinajstić information content (AvgIpc) is 2.34. The molecule has 0 saturated carbocycles. The standard InChI is InChI=1S/C13H24N4O2/c1-13(2,3)19-12(18)17-6-4-5-11(9-17)16-8-10(15)7-14/h7-8,11H,4-6,9,14-15H2,1-3H3. The van der Waals surface area contributed by atoms with Crippen LogP contribution in [0.15, 0.2) is 16.9 Å². The molecule has 108 valence electrons. The lowest BCUT2D eigenvalue weighted by Gasteiger charge is -2.32. The van der Waals surface area contributed by atoms with Crippen LogP contribution in [0.4, 0.5) is 4.79 Å². The van der Waals surface area contributed by atoms with Gasteiger partial charge in [0.2, 0.25) is 0 Å². The molecule has 1 atom stereocenters. The molecule has 0 spiro atoms. The Balaban J connectivity index is 2.55. The summed E-state index contributed by atoms with van der Waals surface area (Å²) >= 11 is 0. The highest BCUT2D eigenvalue weighted by atomic mass is 16.6. The highest BCUT2D eigenvalue weighted by Gasteiger charge is 2.27. The molecular formula is C13H24N4O2. The minimum atomic E-state index is -0.472. The third kappa shape index (κ3) is 5.63. The van der Waals surface area contributed by atoms with E-state index < -0.39 is 5.60 Å². The number of aliphatic imine (C=N–C) groups is 1. The summed E-state index contributed by atoms with van der Waals surface area (Å²) in [5.41, 5.74) is 10.8. The predicted molar refractivity (Wildman–Crippen MR) is 75.8 cm³/mol. The van der Waals surface area contributed by atoms with Crippen molar-refractivity contribution in [2.24, 2.45) is 16.5 Å². The molecule has 1 unspecified atom stereocenters. The van der Waals surface area contributed by atoms with E-state index in [2.05, 4.69) is 4.99 Å². The minimum Gasteiger partial charge on any atom is -0.444 e. The number of carbonyl (C=O) groups is 1. The van der Waals surface area contributed by atoms with Crippen molar-refractivity contribution in [1.29, 1.82) is 0 Å². The summed E-state index contributed by atoms with van der Waals surface area (Å²) in [4.78, 5) is 18.0. The summed E-state index contributed by atoms with van der Waals surface area (Å²) in [6, 6.07) is 0.0553. The fourth-order valence-electron chi connectivity index (χ4n) is 1.80. The van der Waals surface area contributed by atoms with Gasteiger partial charge in [-0.15, -0.1) is 0 Å². The molecule has 19 heavy (non-hydrogen) atoms. The van der Waals surface area contributed by atoms with Gasteiger partial charge in [-0.25, -0.2) is 4.79 Å². The maximum Gasteiger partial charge on any atom is 0.410 e. The van der Waals surface area contributed by atoms with E-state index in [0.29, 0.717) is 18.8 Å². The van der Waals surface area contributed by atoms with E-state index in [1.807, 2.05) is 20.8 Å². The summed E-state index contributed by atoms with van der Waals surface area (Å²) in [6.07, 6.45) is 4.41. The summed E-state index contributed by atoms with van der Waals surface area (Å²) in [5.74, 6) is 0. The Labute approximate surface area is 114 Å². The normalized spacial score (nSPS) is 21.7. The Hall–Kier alpha value is -1.72. The van der Waals surface area contributed by atoms with Crippen LogP contribution in [-0.4, -0.2) is 41.9 Å². The van der Waals surface area contributed by atoms with Gasteiger partial charge in [0, 0.05) is 25.5 Å². The molecule has 1 aliphatic rings. The summed E-state index contributed by atoms with van der Waals surface area (Å²) < 4.78 is 5.35. The Morgan fingerprint density at radius 2 is 2.16 bits per heavy atom. The smallest absolute Gasteiger partial charge is 0.410 e. The fourth-order valence-corrected chi connectivity index (χ4v) is 1.80. The van der Waals surface area contributed by atoms with Gasteiger partial charge in [0.25, 0.3) is 0 Å². The number of piperidine rings is 1. The maximum atomic E-state index is 11.9. The first-order valence-electron chi connectivity index (χ1n) is 6.50. The second kappa shape index (κ2) is 6.45. The lowest BCUT2D eigenvalue weighted by molar-refractivity contribution is 0.0201. The van der Waals surface area contributed by atoms with E-state index in [-0.39, 0.29) is 12.1 Å². The Kier molecular flexibility index (Phi) is 5.20. The van der Waals surface area contributed by atoms with Crippen molar-refractivity contribution in [2.75, 3.05) is 13.1 Å². The van der Waals surface area contributed by atoms with Gasteiger partial charge < -0.3 is 21.1 Å². The van der Waals surface area contributed by atoms with E-state index in [9.17, 15) is 4.79 Å². The monoisotopic (exact) mass is 268 g/mol. The maximum absolute atomic E-state index is 11.9. The van der Waals surface area contributed by atoms with Crippen LogP contribution >= 0.6 is 0 Å². The zero-order valence-corrected chi connectivity index (χ0v) is 11.9. The van der Waals surface area contributed by atoms with Crippen molar-refractivity contribution in [3.63, 3.8) is 0 Å². The number of hydrogen-bond donors (Lipinski definition) is 2. The Bertz CT molecular complexity index is 371. The zero-order valence-electron chi connectivity index (χ0n) is 11.9. The van der Waals surface area contributed by atoms with Gasteiger partial charge in [0.05, 0.1) is 11.7 Å². The lowest BCUT2D eigenvalue weighted by atomic mass is 10.1. The number of allylic oxidation sites excluding steroid dienone is 1. The minimum absolute atomic E-state index is 0.0553. The molecule has 4 N–H and O–H groups in total. The van der Waals surface area contributed by atoms with E-state index in [0.717, 1.165) is 12.8 Å². The van der Waals surface area contributed by atoms with E-state index in [1.54, 1.807) is 11.1 Å². The fraction of sp³-hybridized carbons (Fsp3) is 0.692. The van der Waals surface area contributed by atoms with Crippen LogP contribution < -0.4 is 11.5 Å². The summed E-state index contributed by atoms with van der Waals surface area (Å²) in [5, 5.41) is 0. The summed E-state index contributed by atoms with van der Waals surface area (Å²) in [7, 11) is 0. The molecule has 1 heterocycles. The first kappa shape index (κ1) is 15.3. The van der Waals surface area contributed by atoms with Crippen LogP contribution in [0.25, 0.3) is 0 Å². The SMILES string of the molecule is CC(C)(C)OC(=O)N1CCCC(N=CC(N)=CN)C1. The van der Waals surface area contributed by atoms with Crippen molar-refractivity contribution < 1.29 is 9.53 Å². The highest BCUT2D eigenvalue weighted by Crippen LogP contribution is 2.16. The van der Waals surface area contributed by atoms with Gasteiger partial charge in [-0.3, -0.25) is 4.99 Å². The number of ether oxygens (including phenoxy) is 1. The molecule has 1 amide bonds. The van der Waals surface area contributed by atoms with Gasteiger partial charge in [0.1, 0.15) is 5.60 Å². The summed E-state index contributed by atoms with van der Waals surface area (Å²) in [6.45, 7) is 6.85. The average molecular weight is 268 g/mol. The van der Waals surface area contributed by atoms with Crippen molar-refractivity contribution in [1.82, 2.24) is 4.90 Å². The quantitative estimate of drug-likeness (QED) is 0.736. The first-order valence-corrected chi connectivity index (χ1v) is 6.50. The van der Waals surface area contributed by atoms with Crippen molar-refractivity contribution >= 4 is 12.3 Å². The first-order chi connectivity index (χ1) is 8.81. The largest absolute Gasteiger partial charge is 0.444 e. The van der Waals surface area contributed by atoms with E-state index in [1.165, 1.54) is 6.20 Å². The molecule has 1 aliphatic heterocycles. The molecule has 1 rings (SSSR count). The molecule has 1 saturated heterocycles. The number of rotatable bonds is 2. The van der Waals surface area contributed by atoms with E-state index in [4.69, 9.17) is 16.2 Å². The number of amides is 1. The number of nitrogens with two attached hydrogens (primary N) is 2. The molecule has 0 bridgehead atoms. The van der Waals surface area contributed by atoms with Gasteiger partial charge in [-0.05, 0) is 33.6 Å². The number of hydrogen-bond acceptors (Lipinski definition) is 5.